The molecule has 0 fully saturated rings. The van der Waals surface area contributed by atoms with E-state index in [9.17, 15) is 22.4 Å². The molecule has 3 aromatic carbocycles. The van der Waals surface area contributed by atoms with Crippen LogP contribution in [0.2, 0.25) is 0 Å². The first-order valence-electron chi connectivity index (χ1n) is 13.0. The van der Waals surface area contributed by atoms with Crippen LogP contribution in [0.1, 0.15) is 38.8 Å². The van der Waals surface area contributed by atoms with Crippen LogP contribution >= 0.6 is 0 Å². The van der Waals surface area contributed by atoms with Crippen molar-refractivity contribution in [3.63, 3.8) is 0 Å². The number of carbonyl (C=O) groups excluding carboxylic acids is 2. The molecule has 3 rings (SSSR count). The van der Waals surface area contributed by atoms with Crippen LogP contribution in [0.15, 0.2) is 83.8 Å². The van der Waals surface area contributed by atoms with Gasteiger partial charge >= 0.3 is 0 Å². The molecule has 3 aromatic rings. The van der Waals surface area contributed by atoms with Gasteiger partial charge in [-0.05, 0) is 55.2 Å². The fraction of sp³-hybridized carbons (Fsp3) is 0.333. The van der Waals surface area contributed by atoms with Gasteiger partial charge in [0.2, 0.25) is 11.8 Å². The highest BCUT2D eigenvalue weighted by Crippen LogP contribution is 2.25. The molecule has 0 saturated heterocycles. The van der Waals surface area contributed by atoms with E-state index < -0.39 is 40.2 Å². The molecule has 7 nitrogen and oxygen atoms in total. The first-order valence-corrected chi connectivity index (χ1v) is 14.5. The van der Waals surface area contributed by atoms with Gasteiger partial charge < -0.3 is 10.2 Å². The molecule has 0 aliphatic rings. The molecule has 0 heterocycles. The maximum absolute atomic E-state index is 14.6. The molecule has 0 aliphatic carbocycles. The van der Waals surface area contributed by atoms with Crippen molar-refractivity contribution in [1.82, 2.24) is 10.2 Å². The van der Waals surface area contributed by atoms with E-state index in [1.807, 2.05) is 32.9 Å². The van der Waals surface area contributed by atoms with E-state index in [1.165, 1.54) is 35.2 Å². The molecule has 0 saturated carbocycles. The van der Waals surface area contributed by atoms with Gasteiger partial charge in [-0.2, -0.15) is 0 Å². The molecule has 0 unspecified atom stereocenters. The Bertz CT molecular complexity index is 1360. The van der Waals surface area contributed by atoms with Crippen molar-refractivity contribution >= 4 is 27.5 Å². The normalized spacial score (nSPS) is 12.2. The van der Waals surface area contributed by atoms with Crippen molar-refractivity contribution in [2.24, 2.45) is 5.92 Å². The number of aryl methyl sites for hydroxylation is 1. The van der Waals surface area contributed by atoms with Gasteiger partial charge in [0.15, 0.2) is 0 Å². The number of halogens is 1. The smallest absolute Gasteiger partial charge is 0.264 e. The predicted molar refractivity (Wildman–Crippen MR) is 151 cm³/mol. The molecule has 2 amide bonds. The topological polar surface area (TPSA) is 86.8 Å². The zero-order valence-corrected chi connectivity index (χ0v) is 23.6. The summed E-state index contributed by atoms with van der Waals surface area (Å²) in [7, 11) is -4.14. The average molecular weight is 554 g/mol. The van der Waals surface area contributed by atoms with Crippen LogP contribution in [-0.2, 0) is 32.6 Å². The van der Waals surface area contributed by atoms with Crippen LogP contribution in [0.5, 0.6) is 0 Å². The molecule has 0 bridgehead atoms. The Balaban J connectivity index is 2.01. The second kappa shape index (κ2) is 13.4. The van der Waals surface area contributed by atoms with E-state index in [0.717, 1.165) is 16.3 Å². The Morgan fingerprint density at radius 2 is 1.51 bits per heavy atom. The summed E-state index contributed by atoms with van der Waals surface area (Å²) < 4.78 is 43.1. The summed E-state index contributed by atoms with van der Waals surface area (Å²) in [6.07, 6.45) is 0.768. The number of benzene rings is 3. The minimum atomic E-state index is -4.14. The van der Waals surface area contributed by atoms with Crippen molar-refractivity contribution in [3.05, 3.63) is 95.8 Å². The molecule has 9 heteroatoms. The van der Waals surface area contributed by atoms with Crippen molar-refractivity contribution in [2.75, 3.05) is 17.4 Å². The van der Waals surface area contributed by atoms with Crippen molar-refractivity contribution in [2.45, 2.75) is 51.6 Å². The Morgan fingerprint density at radius 1 is 0.897 bits per heavy atom. The number of carbonyl (C=O) groups is 2. The van der Waals surface area contributed by atoms with Crippen LogP contribution in [-0.4, -0.2) is 44.3 Å². The van der Waals surface area contributed by atoms with Gasteiger partial charge in [-0.1, -0.05) is 69.3 Å². The van der Waals surface area contributed by atoms with Crippen LogP contribution in [0.25, 0.3) is 0 Å². The summed E-state index contributed by atoms with van der Waals surface area (Å²) >= 11 is 0. The molecule has 0 radical (unpaired) electrons. The quantitative estimate of drug-likeness (QED) is 0.350. The number of hydrogen-bond acceptors (Lipinski definition) is 4. The second-order valence-electron chi connectivity index (χ2n) is 9.77. The molecular formula is C30H36FN3O4S. The number of amides is 2. The van der Waals surface area contributed by atoms with Crippen LogP contribution in [0.4, 0.5) is 10.1 Å². The summed E-state index contributed by atoms with van der Waals surface area (Å²) in [5.41, 5.74) is 1.55. The Morgan fingerprint density at radius 3 is 2.10 bits per heavy atom. The zero-order chi connectivity index (χ0) is 28.6. The monoisotopic (exact) mass is 553 g/mol. The minimum Gasteiger partial charge on any atom is -0.354 e. The van der Waals surface area contributed by atoms with Gasteiger partial charge in [0.05, 0.1) is 10.6 Å². The minimum absolute atomic E-state index is 0.0285. The highest BCUT2D eigenvalue weighted by atomic mass is 32.2. The third-order valence-corrected chi connectivity index (χ3v) is 8.18. The summed E-state index contributed by atoms with van der Waals surface area (Å²) in [6.45, 7) is 7.08. The lowest BCUT2D eigenvalue weighted by molar-refractivity contribution is -0.139. The van der Waals surface area contributed by atoms with E-state index in [1.54, 1.807) is 43.3 Å². The molecule has 0 spiro atoms. The third-order valence-electron chi connectivity index (χ3n) is 6.39. The second-order valence-corrected chi connectivity index (χ2v) is 11.6. The molecule has 208 valence electrons. The van der Waals surface area contributed by atoms with Crippen LogP contribution in [0, 0.1) is 11.7 Å². The lowest BCUT2D eigenvalue weighted by Crippen LogP contribution is -2.51. The molecule has 1 atom stereocenters. The number of hydrogen-bond donors (Lipinski definition) is 1. The summed E-state index contributed by atoms with van der Waals surface area (Å²) in [5, 5.41) is 2.81. The van der Waals surface area contributed by atoms with Crippen molar-refractivity contribution < 1.29 is 22.4 Å². The molecular weight excluding hydrogens is 517 g/mol. The van der Waals surface area contributed by atoms with Crippen LogP contribution in [0.3, 0.4) is 0 Å². The fourth-order valence-corrected chi connectivity index (χ4v) is 5.43. The third kappa shape index (κ3) is 7.66. The van der Waals surface area contributed by atoms with Crippen LogP contribution < -0.4 is 9.62 Å². The number of nitrogens with one attached hydrogen (secondary N) is 1. The zero-order valence-electron chi connectivity index (χ0n) is 22.8. The standard InChI is InChI=1S/C30H36FN3O4S/c1-5-24-15-17-26(18-16-24)34(39(37,38)27-12-7-6-8-13-27)21-29(35)33(20-25-11-9-10-14-28(25)31)23(4)30(36)32-19-22(2)3/h6-18,22-23H,5,19-21H2,1-4H3,(H,32,36)/t23-/m1/s1. The highest BCUT2D eigenvalue weighted by molar-refractivity contribution is 7.92. The van der Waals surface area contributed by atoms with Gasteiger partial charge in [-0.15, -0.1) is 0 Å². The first-order chi connectivity index (χ1) is 18.5. The van der Waals surface area contributed by atoms with E-state index in [2.05, 4.69) is 5.32 Å². The molecule has 1 N–H and O–H groups in total. The van der Waals surface area contributed by atoms with Gasteiger partial charge in [-0.3, -0.25) is 13.9 Å². The number of nitrogens with zero attached hydrogens (tertiary/aromatic N) is 2. The first kappa shape index (κ1) is 29.8. The van der Waals surface area contributed by atoms with E-state index in [4.69, 9.17) is 0 Å². The van der Waals surface area contributed by atoms with Gasteiger partial charge in [0.25, 0.3) is 10.0 Å². The Labute approximate surface area is 230 Å². The highest BCUT2D eigenvalue weighted by Gasteiger charge is 2.32. The largest absolute Gasteiger partial charge is 0.354 e. The Kier molecular flexibility index (Phi) is 10.2. The molecule has 0 aromatic heterocycles. The van der Waals surface area contributed by atoms with Crippen molar-refractivity contribution in [3.8, 4) is 0 Å². The molecule has 0 aliphatic heterocycles. The van der Waals surface area contributed by atoms with Gasteiger partial charge in [0.1, 0.15) is 18.4 Å². The fourth-order valence-electron chi connectivity index (χ4n) is 3.99. The SMILES string of the molecule is CCc1ccc(N(CC(=O)N(Cc2ccccc2F)[C@H](C)C(=O)NCC(C)C)S(=O)(=O)c2ccccc2)cc1. The number of anilines is 1. The maximum Gasteiger partial charge on any atom is 0.264 e. The van der Waals surface area contributed by atoms with E-state index in [0.29, 0.717) is 12.2 Å². The lowest BCUT2D eigenvalue weighted by atomic mass is 10.1. The summed E-state index contributed by atoms with van der Waals surface area (Å²) in [6, 6.07) is 19.8. The predicted octanol–water partition coefficient (Wildman–Crippen LogP) is 4.77. The van der Waals surface area contributed by atoms with Gasteiger partial charge in [0, 0.05) is 18.7 Å². The maximum atomic E-state index is 14.6. The number of rotatable bonds is 12. The summed E-state index contributed by atoms with van der Waals surface area (Å²) in [4.78, 5) is 28.1. The molecule has 39 heavy (non-hydrogen) atoms. The van der Waals surface area contributed by atoms with E-state index in [-0.39, 0.29) is 22.9 Å². The average Bonchev–Trinajstić information content (AvgIpc) is 2.94. The van der Waals surface area contributed by atoms with Gasteiger partial charge in [-0.25, -0.2) is 12.8 Å². The number of sulfonamides is 1. The lowest BCUT2D eigenvalue weighted by Gasteiger charge is -2.32. The van der Waals surface area contributed by atoms with E-state index >= 15 is 0 Å². The summed E-state index contributed by atoms with van der Waals surface area (Å²) in [5.74, 6) is -1.37. The van der Waals surface area contributed by atoms with Crippen molar-refractivity contribution in [1.29, 1.82) is 0 Å². The Hall–Kier alpha value is -3.72.